The van der Waals surface area contributed by atoms with Gasteiger partial charge in [-0.15, -0.1) is 0 Å². The average Bonchev–Trinajstić information content (AvgIpc) is 3.09. The molecular weight excluding hydrogens is 212 g/mol. The zero-order valence-corrected chi connectivity index (χ0v) is 11.0. The smallest absolute Gasteiger partial charge is 0.0717 e. The third kappa shape index (κ3) is 2.97. The maximum atomic E-state index is 9.43. The first-order valence-corrected chi connectivity index (χ1v) is 6.45. The summed E-state index contributed by atoms with van der Waals surface area (Å²) in [6, 6.07) is 2.77. The quantitative estimate of drug-likeness (QED) is 0.850. The molecule has 1 N–H and O–H groups in total. The first-order valence-electron chi connectivity index (χ1n) is 6.45. The van der Waals surface area contributed by atoms with Gasteiger partial charge in [0, 0.05) is 35.7 Å². The van der Waals surface area contributed by atoms with Crippen LogP contribution in [0.25, 0.3) is 0 Å². The Morgan fingerprint density at radius 1 is 1.47 bits per heavy atom. The van der Waals surface area contributed by atoms with Crippen LogP contribution in [0, 0.1) is 12.8 Å². The Hall–Kier alpha value is -1.09. The molecule has 1 aliphatic rings. The largest absolute Gasteiger partial charge is 0.392 e. The minimum atomic E-state index is 0.0733. The second kappa shape index (κ2) is 5.05. The molecule has 0 saturated heterocycles. The zero-order valence-electron chi connectivity index (χ0n) is 11.0. The normalized spacial score (nSPS) is 15.4. The lowest BCUT2D eigenvalue weighted by Crippen LogP contribution is -2.30. The summed E-state index contributed by atoms with van der Waals surface area (Å²) in [5.74, 6) is 0.635. The number of aliphatic hydroxyl groups is 1. The maximum absolute atomic E-state index is 9.43. The van der Waals surface area contributed by atoms with Crippen LogP contribution >= 0.6 is 0 Å². The molecule has 1 heterocycles. The minimum Gasteiger partial charge on any atom is -0.392 e. The molecule has 1 fully saturated rings. The Kier molecular flexibility index (Phi) is 3.67. The van der Waals surface area contributed by atoms with Crippen LogP contribution in [-0.4, -0.2) is 22.7 Å². The van der Waals surface area contributed by atoms with E-state index in [1.54, 1.807) is 6.20 Å². The molecule has 0 spiro atoms. The average molecular weight is 234 g/mol. The summed E-state index contributed by atoms with van der Waals surface area (Å²) in [5, 5.41) is 9.43. The summed E-state index contributed by atoms with van der Waals surface area (Å²) >= 11 is 0. The SMILES string of the molecule is Cc1cc(N(CC(C)C)C2CC2)c(CO)cn1. The summed E-state index contributed by atoms with van der Waals surface area (Å²) in [6.07, 6.45) is 4.36. The van der Waals surface area contributed by atoms with Crippen LogP contribution in [0.1, 0.15) is 37.9 Å². The lowest BCUT2D eigenvalue weighted by molar-refractivity contribution is 0.281. The predicted molar refractivity (Wildman–Crippen MR) is 70.1 cm³/mol. The third-order valence-electron chi connectivity index (χ3n) is 3.13. The summed E-state index contributed by atoms with van der Waals surface area (Å²) in [6.45, 7) is 7.61. The first-order chi connectivity index (χ1) is 8.11. The van der Waals surface area contributed by atoms with E-state index in [0.29, 0.717) is 12.0 Å². The highest BCUT2D eigenvalue weighted by molar-refractivity contribution is 5.55. The summed E-state index contributed by atoms with van der Waals surface area (Å²) in [7, 11) is 0. The molecule has 17 heavy (non-hydrogen) atoms. The van der Waals surface area contributed by atoms with Crippen molar-refractivity contribution in [2.24, 2.45) is 5.92 Å². The van der Waals surface area contributed by atoms with Gasteiger partial charge in [-0.2, -0.15) is 0 Å². The topological polar surface area (TPSA) is 36.4 Å². The van der Waals surface area contributed by atoms with E-state index in [4.69, 9.17) is 0 Å². The van der Waals surface area contributed by atoms with Gasteiger partial charge in [-0.1, -0.05) is 13.8 Å². The lowest BCUT2D eigenvalue weighted by atomic mass is 10.1. The molecule has 3 nitrogen and oxygen atoms in total. The van der Waals surface area contributed by atoms with Crippen LogP contribution in [0.5, 0.6) is 0 Å². The molecule has 1 aromatic heterocycles. The minimum absolute atomic E-state index is 0.0733. The van der Waals surface area contributed by atoms with Gasteiger partial charge in [0.05, 0.1) is 6.61 Å². The molecule has 2 rings (SSSR count). The molecule has 0 aliphatic heterocycles. The standard InChI is InChI=1S/C14H22N2O/c1-10(2)8-16(13-4-5-13)14-6-11(3)15-7-12(14)9-17/h6-7,10,13,17H,4-5,8-9H2,1-3H3. The second-order valence-corrected chi connectivity index (χ2v) is 5.39. The van der Waals surface area contributed by atoms with Crippen molar-refractivity contribution < 1.29 is 5.11 Å². The third-order valence-corrected chi connectivity index (χ3v) is 3.13. The first kappa shape index (κ1) is 12.4. The van der Waals surface area contributed by atoms with Crippen molar-refractivity contribution in [3.63, 3.8) is 0 Å². The fraction of sp³-hybridized carbons (Fsp3) is 0.643. The van der Waals surface area contributed by atoms with Gasteiger partial charge in [0.25, 0.3) is 0 Å². The Balaban J connectivity index is 2.30. The molecule has 1 aliphatic carbocycles. The van der Waals surface area contributed by atoms with Crippen LogP contribution in [0.15, 0.2) is 12.3 Å². The Bertz CT molecular complexity index is 386. The molecule has 3 heteroatoms. The highest BCUT2D eigenvalue weighted by Crippen LogP contribution is 2.34. The van der Waals surface area contributed by atoms with Gasteiger partial charge in [0.15, 0.2) is 0 Å². The number of aliphatic hydroxyl groups excluding tert-OH is 1. The van der Waals surface area contributed by atoms with Crippen molar-refractivity contribution in [2.45, 2.75) is 46.3 Å². The number of hydrogen-bond donors (Lipinski definition) is 1. The van der Waals surface area contributed by atoms with Crippen LogP contribution in [-0.2, 0) is 6.61 Å². The molecule has 0 radical (unpaired) electrons. The second-order valence-electron chi connectivity index (χ2n) is 5.39. The number of hydrogen-bond acceptors (Lipinski definition) is 3. The summed E-state index contributed by atoms with van der Waals surface area (Å²) in [5.41, 5.74) is 3.14. The molecule has 1 aromatic rings. The van der Waals surface area contributed by atoms with E-state index in [2.05, 4.69) is 29.8 Å². The number of nitrogens with zero attached hydrogens (tertiary/aromatic N) is 2. The molecule has 94 valence electrons. The van der Waals surface area contributed by atoms with Gasteiger partial charge in [-0.05, 0) is 31.7 Å². The van der Waals surface area contributed by atoms with Crippen LogP contribution in [0.4, 0.5) is 5.69 Å². The highest BCUT2D eigenvalue weighted by atomic mass is 16.3. The van der Waals surface area contributed by atoms with Crippen LogP contribution in [0.2, 0.25) is 0 Å². The van der Waals surface area contributed by atoms with E-state index in [1.807, 2.05) is 6.92 Å². The number of aryl methyl sites for hydroxylation is 1. The van der Waals surface area contributed by atoms with E-state index in [1.165, 1.54) is 18.5 Å². The zero-order chi connectivity index (χ0) is 12.4. The number of rotatable bonds is 5. The lowest BCUT2D eigenvalue weighted by Gasteiger charge is -2.28. The van der Waals surface area contributed by atoms with E-state index >= 15 is 0 Å². The Morgan fingerprint density at radius 3 is 2.71 bits per heavy atom. The molecule has 0 atom stereocenters. The highest BCUT2D eigenvalue weighted by Gasteiger charge is 2.30. The van der Waals surface area contributed by atoms with Gasteiger partial charge in [-0.3, -0.25) is 4.98 Å². The van der Waals surface area contributed by atoms with Crippen molar-refractivity contribution in [3.8, 4) is 0 Å². The van der Waals surface area contributed by atoms with E-state index in [-0.39, 0.29) is 6.61 Å². The molecular formula is C14H22N2O. The van der Waals surface area contributed by atoms with E-state index in [0.717, 1.165) is 17.8 Å². The molecule has 0 amide bonds. The molecule has 0 bridgehead atoms. The van der Waals surface area contributed by atoms with Crippen LogP contribution < -0.4 is 4.90 Å². The Morgan fingerprint density at radius 2 is 2.18 bits per heavy atom. The molecule has 0 unspecified atom stereocenters. The van der Waals surface area contributed by atoms with Gasteiger partial charge < -0.3 is 10.0 Å². The van der Waals surface area contributed by atoms with E-state index in [9.17, 15) is 5.11 Å². The van der Waals surface area contributed by atoms with Crippen molar-refractivity contribution in [1.29, 1.82) is 0 Å². The van der Waals surface area contributed by atoms with E-state index < -0.39 is 0 Å². The van der Waals surface area contributed by atoms with Crippen LogP contribution in [0.3, 0.4) is 0 Å². The molecule has 1 saturated carbocycles. The predicted octanol–water partition coefficient (Wildman–Crippen LogP) is 2.51. The van der Waals surface area contributed by atoms with Crippen molar-refractivity contribution in [1.82, 2.24) is 4.98 Å². The fourth-order valence-corrected chi connectivity index (χ4v) is 2.19. The van der Waals surface area contributed by atoms with Gasteiger partial charge >= 0.3 is 0 Å². The molecule has 0 aromatic carbocycles. The number of anilines is 1. The van der Waals surface area contributed by atoms with Gasteiger partial charge in [0.1, 0.15) is 0 Å². The van der Waals surface area contributed by atoms with Crippen molar-refractivity contribution in [3.05, 3.63) is 23.5 Å². The van der Waals surface area contributed by atoms with Gasteiger partial charge in [-0.25, -0.2) is 0 Å². The van der Waals surface area contributed by atoms with Crippen molar-refractivity contribution >= 4 is 5.69 Å². The number of aromatic nitrogens is 1. The summed E-state index contributed by atoms with van der Waals surface area (Å²) < 4.78 is 0. The Labute approximate surface area is 103 Å². The monoisotopic (exact) mass is 234 g/mol. The summed E-state index contributed by atoms with van der Waals surface area (Å²) in [4.78, 5) is 6.71. The number of pyridine rings is 1. The van der Waals surface area contributed by atoms with Gasteiger partial charge in [0.2, 0.25) is 0 Å². The maximum Gasteiger partial charge on any atom is 0.0717 e. The fourth-order valence-electron chi connectivity index (χ4n) is 2.19. The van der Waals surface area contributed by atoms with Crippen molar-refractivity contribution in [2.75, 3.05) is 11.4 Å².